The van der Waals surface area contributed by atoms with Crippen LogP contribution in [0.2, 0.25) is 0 Å². The molecule has 11 heteroatoms. The Bertz CT molecular complexity index is 1250. The predicted molar refractivity (Wildman–Crippen MR) is 121 cm³/mol. The van der Waals surface area contributed by atoms with Gasteiger partial charge in [0.25, 0.3) is 5.91 Å². The van der Waals surface area contributed by atoms with Crippen molar-refractivity contribution in [2.45, 2.75) is 6.92 Å². The molecule has 0 atom stereocenters. The van der Waals surface area contributed by atoms with E-state index < -0.39 is 5.82 Å². The predicted octanol–water partition coefficient (Wildman–Crippen LogP) is 1.83. The number of nitrogen functional groups attached to an aromatic ring is 1. The topological polar surface area (TPSA) is 133 Å². The Kier molecular flexibility index (Phi) is 6.19. The third kappa shape index (κ3) is 3.96. The number of fused-ring (bicyclic) bond motifs is 1. The van der Waals surface area contributed by atoms with Crippen molar-refractivity contribution in [1.29, 1.82) is 5.26 Å². The van der Waals surface area contributed by atoms with Gasteiger partial charge in [0.2, 0.25) is 0 Å². The minimum atomic E-state index is -0.490. The number of piperazine rings is 1. The SMILES string of the molecule is CCN(c1ncnc(N)c1C#N)c1nc2ccc(F)cc2c(C(=O)N2CCNCC2)c1OC. The molecule has 1 fully saturated rings. The van der Waals surface area contributed by atoms with Crippen LogP contribution in [0.3, 0.4) is 0 Å². The lowest BCUT2D eigenvalue weighted by atomic mass is 10.0. The molecule has 2 aromatic heterocycles. The van der Waals surface area contributed by atoms with Crippen molar-refractivity contribution in [1.82, 2.24) is 25.2 Å². The van der Waals surface area contributed by atoms with E-state index >= 15 is 0 Å². The van der Waals surface area contributed by atoms with Crippen LogP contribution >= 0.6 is 0 Å². The van der Waals surface area contributed by atoms with Crippen molar-refractivity contribution >= 4 is 34.3 Å². The lowest BCUT2D eigenvalue weighted by Crippen LogP contribution is -2.46. The van der Waals surface area contributed by atoms with Gasteiger partial charge in [-0.25, -0.2) is 19.3 Å². The second-order valence-corrected chi connectivity index (χ2v) is 7.36. The lowest BCUT2D eigenvalue weighted by Gasteiger charge is -2.30. The number of nitrogens with one attached hydrogen (secondary N) is 1. The summed E-state index contributed by atoms with van der Waals surface area (Å²) < 4.78 is 19.9. The number of ether oxygens (including phenoxy) is 1. The number of nitrogens with zero attached hydrogens (tertiary/aromatic N) is 6. The molecule has 0 radical (unpaired) electrons. The van der Waals surface area contributed by atoms with Crippen molar-refractivity contribution < 1.29 is 13.9 Å². The third-order valence-electron chi connectivity index (χ3n) is 5.50. The molecule has 0 unspecified atom stereocenters. The highest BCUT2D eigenvalue weighted by atomic mass is 19.1. The third-order valence-corrected chi connectivity index (χ3v) is 5.50. The molecular weight excluding hydrogens is 427 g/mol. The number of methoxy groups -OCH3 is 1. The largest absolute Gasteiger partial charge is 0.492 e. The van der Waals surface area contributed by atoms with Gasteiger partial charge in [-0.1, -0.05) is 0 Å². The van der Waals surface area contributed by atoms with Crippen molar-refractivity contribution in [2.75, 3.05) is 50.5 Å². The molecule has 0 spiro atoms. The Morgan fingerprint density at radius 3 is 2.76 bits per heavy atom. The van der Waals surface area contributed by atoms with Crippen LogP contribution < -0.4 is 20.7 Å². The molecule has 0 aliphatic carbocycles. The van der Waals surface area contributed by atoms with E-state index in [1.54, 1.807) is 9.80 Å². The summed E-state index contributed by atoms with van der Waals surface area (Å²) in [6, 6.07) is 6.10. The molecule has 170 valence electrons. The highest BCUT2D eigenvalue weighted by Gasteiger charge is 2.30. The number of amides is 1. The number of hydrogen-bond donors (Lipinski definition) is 2. The molecule has 1 aliphatic rings. The molecule has 10 nitrogen and oxygen atoms in total. The molecule has 4 rings (SSSR count). The second-order valence-electron chi connectivity index (χ2n) is 7.36. The van der Waals surface area contributed by atoms with E-state index in [2.05, 4.69) is 20.3 Å². The van der Waals surface area contributed by atoms with Crippen molar-refractivity contribution in [3.8, 4) is 11.8 Å². The van der Waals surface area contributed by atoms with Crippen LogP contribution in [-0.4, -0.2) is 65.6 Å². The molecule has 0 saturated carbocycles. The van der Waals surface area contributed by atoms with Gasteiger partial charge in [-0.2, -0.15) is 5.26 Å². The summed E-state index contributed by atoms with van der Waals surface area (Å²) in [5.74, 6) is -0.0745. The first-order valence-corrected chi connectivity index (χ1v) is 10.5. The molecule has 1 aliphatic heterocycles. The zero-order chi connectivity index (χ0) is 23.5. The highest BCUT2D eigenvalue weighted by molar-refractivity contribution is 6.10. The van der Waals surface area contributed by atoms with Crippen molar-refractivity contribution in [3.05, 3.63) is 41.5 Å². The van der Waals surface area contributed by atoms with Crippen LogP contribution in [0.1, 0.15) is 22.8 Å². The lowest BCUT2D eigenvalue weighted by molar-refractivity contribution is 0.0734. The number of carbonyl (C=O) groups is 1. The normalized spacial score (nSPS) is 13.6. The minimum Gasteiger partial charge on any atom is -0.492 e. The summed E-state index contributed by atoms with van der Waals surface area (Å²) >= 11 is 0. The molecular formula is C22H23FN8O2. The molecule has 33 heavy (non-hydrogen) atoms. The van der Waals surface area contributed by atoms with E-state index in [1.165, 1.54) is 31.6 Å². The first-order valence-electron chi connectivity index (χ1n) is 10.5. The maximum Gasteiger partial charge on any atom is 0.258 e. The summed E-state index contributed by atoms with van der Waals surface area (Å²) in [5.41, 5.74) is 6.59. The Morgan fingerprint density at radius 1 is 1.33 bits per heavy atom. The number of carbonyl (C=O) groups excluding carboxylic acids is 1. The zero-order valence-corrected chi connectivity index (χ0v) is 18.3. The summed E-state index contributed by atoms with van der Waals surface area (Å²) in [7, 11) is 1.42. The van der Waals surface area contributed by atoms with Crippen LogP contribution in [-0.2, 0) is 0 Å². The van der Waals surface area contributed by atoms with Crippen LogP contribution in [0, 0.1) is 17.1 Å². The molecule has 0 bridgehead atoms. The van der Waals surface area contributed by atoms with E-state index in [9.17, 15) is 14.4 Å². The number of aromatic nitrogens is 3. The first-order chi connectivity index (χ1) is 16.0. The van der Waals surface area contributed by atoms with Crippen LogP contribution in [0.5, 0.6) is 5.75 Å². The second kappa shape index (κ2) is 9.22. The summed E-state index contributed by atoms with van der Waals surface area (Å²) in [6.07, 6.45) is 1.25. The summed E-state index contributed by atoms with van der Waals surface area (Å²) in [4.78, 5) is 29.8. The molecule has 1 saturated heterocycles. The van der Waals surface area contributed by atoms with E-state index in [-0.39, 0.29) is 40.2 Å². The number of benzene rings is 1. The fourth-order valence-corrected chi connectivity index (χ4v) is 3.92. The fourth-order valence-electron chi connectivity index (χ4n) is 3.92. The summed E-state index contributed by atoms with van der Waals surface area (Å²) in [5, 5.41) is 13.2. The van der Waals surface area contributed by atoms with E-state index in [0.717, 1.165) is 0 Å². The van der Waals surface area contributed by atoms with E-state index in [0.29, 0.717) is 43.6 Å². The molecule has 3 aromatic rings. The van der Waals surface area contributed by atoms with Gasteiger partial charge in [0.15, 0.2) is 17.4 Å². The van der Waals surface area contributed by atoms with Crippen molar-refractivity contribution in [2.24, 2.45) is 0 Å². The van der Waals surface area contributed by atoms with Gasteiger partial charge in [-0.15, -0.1) is 0 Å². The number of hydrogen-bond acceptors (Lipinski definition) is 9. The maximum atomic E-state index is 14.2. The van der Waals surface area contributed by atoms with Gasteiger partial charge in [0.05, 0.1) is 18.2 Å². The first kappa shape index (κ1) is 22.2. The number of nitriles is 1. The van der Waals surface area contributed by atoms with Crippen LogP contribution in [0.4, 0.5) is 21.8 Å². The maximum absolute atomic E-state index is 14.2. The average Bonchev–Trinajstić information content (AvgIpc) is 2.84. The fraction of sp³-hybridized carbons (Fsp3) is 0.318. The molecule has 1 aromatic carbocycles. The van der Waals surface area contributed by atoms with Gasteiger partial charge in [0, 0.05) is 38.1 Å². The van der Waals surface area contributed by atoms with Gasteiger partial charge in [0.1, 0.15) is 29.6 Å². The quantitative estimate of drug-likeness (QED) is 0.597. The number of nitrogens with two attached hydrogens (primary N) is 1. The van der Waals surface area contributed by atoms with Crippen LogP contribution in [0.25, 0.3) is 10.9 Å². The smallest absolute Gasteiger partial charge is 0.258 e. The standard InChI is InChI=1S/C22H23FN8O2/c1-3-31(20-15(11-24)19(25)27-12-28-20)21-18(33-2)17(22(32)30-8-6-26-7-9-30)14-10-13(23)4-5-16(14)29-21/h4-5,10,12,26H,3,6-9H2,1-2H3,(H2,25,27,28). The number of pyridine rings is 1. The Hall–Kier alpha value is -4.04. The Labute approximate surface area is 189 Å². The molecule has 3 heterocycles. The van der Waals surface area contributed by atoms with Gasteiger partial charge < -0.3 is 25.6 Å². The average molecular weight is 450 g/mol. The molecule has 1 amide bonds. The van der Waals surface area contributed by atoms with Crippen molar-refractivity contribution in [3.63, 3.8) is 0 Å². The minimum absolute atomic E-state index is 0.0277. The Morgan fingerprint density at radius 2 is 2.09 bits per heavy atom. The Balaban J connectivity index is 1.99. The van der Waals surface area contributed by atoms with Gasteiger partial charge >= 0.3 is 0 Å². The number of rotatable bonds is 5. The van der Waals surface area contributed by atoms with Gasteiger partial charge in [-0.05, 0) is 25.1 Å². The zero-order valence-electron chi connectivity index (χ0n) is 18.3. The summed E-state index contributed by atoms with van der Waals surface area (Å²) in [6.45, 7) is 4.51. The monoisotopic (exact) mass is 450 g/mol. The van der Waals surface area contributed by atoms with Crippen LogP contribution in [0.15, 0.2) is 24.5 Å². The molecule has 3 N–H and O–H groups in total. The highest BCUT2D eigenvalue weighted by Crippen LogP contribution is 2.40. The van der Waals surface area contributed by atoms with E-state index in [1.807, 2.05) is 13.0 Å². The van der Waals surface area contributed by atoms with E-state index in [4.69, 9.17) is 10.5 Å². The number of anilines is 3. The van der Waals surface area contributed by atoms with Gasteiger partial charge in [-0.3, -0.25) is 4.79 Å². The number of halogens is 1.